The van der Waals surface area contributed by atoms with Crippen LogP contribution in [0.15, 0.2) is 28.0 Å². The van der Waals surface area contributed by atoms with Crippen molar-refractivity contribution in [3.05, 3.63) is 55.4 Å². The number of nitro groups is 1. The zero-order valence-electron chi connectivity index (χ0n) is 15.1. The second kappa shape index (κ2) is 8.14. The van der Waals surface area contributed by atoms with Gasteiger partial charge in [0.05, 0.1) is 23.2 Å². The summed E-state index contributed by atoms with van der Waals surface area (Å²) in [6, 6.07) is 6.05. The smallest absolute Gasteiger partial charge is 0.298 e. The van der Waals surface area contributed by atoms with Crippen molar-refractivity contribution in [2.75, 3.05) is 6.61 Å². The van der Waals surface area contributed by atoms with E-state index in [-0.39, 0.29) is 40.5 Å². The molecule has 0 saturated heterocycles. The number of aromatic hydroxyl groups is 1. The van der Waals surface area contributed by atoms with E-state index in [1.807, 2.05) is 6.07 Å². The zero-order chi connectivity index (χ0) is 20.1. The molecule has 0 aliphatic carbocycles. The maximum absolute atomic E-state index is 12.2. The van der Waals surface area contributed by atoms with Gasteiger partial charge in [0.1, 0.15) is 23.1 Å². The Bertz CT molecular complexity index is 1020. The van der Waals surface area contributed by atoms with E-state index in [4.69, 9.17) is 4.74 Å². The van der Waals surface area contributed by atoms with E-state index in [0.717, 1.165) is 4.57 Å². The summed E-state index contributed by atoms with van der Waals surface area (Å²) in [7, 11) is 0. The third-order valence-corrected chi connectivity index (χ3v) is 3.95. The van der Waals surface area contributed by atoms with Crippen LogP contribution < -0.4 is 10.3 Å². The molecule has 9 heteroatoms. The summed E-state index contributed by atoms with van der Waals surface area (Å²) < 4.78 is 6.30. The Labute approximate surface area is 154 Å². The molecule has 2 rings (SSSR count). The van der Waals surface area contributed by atoms with Crippen molar-refractivity contribution in [3.8, 4) is 17.7 Å². The van der Waals surface area contributed by atoms with E-state index in [2.05, 4.69) is 4.99 Å². The van der Waals surface area contributed by atoms with Gasteiger partial charge >= 0.3 is 0 Å². The second-order valence-electron chi connectivity index (χ2n) is 5.50. The van der Waals surface area contributed by atoms with Crippen molar-refractivity contribution < 1.29 is 14.8 Å². The van der Waals surface area contributed by atoms with Crippen molar-refractivity contribution in [1.82, 2.24) is 4.57 Å². The van der Waals surface area contributed by atoms with Gasteiger partial charge in [0.25, 0.3) is 11.2 Å². The standard InChI is InChI=1S/C18H18N4O5/c1-4-21-17(23)13(9-19)11(3)14(18(21)24)10-20-15-7-6-12(27-5-2)8-16(15)22(25)26/h6-8,10,24H,4-5H2,1-3H3. The predicted molar refractivity (Wildman–Crippen MR) is 99.0 cm³/mol. The van der Waals surface area contributed by atoms with Gasteiger partial charge in [0.15, 0.2) is 0 Å². The summed E-state index contributed by atoms with van der Waals surface area (Å²) in [5.74, 6) is -0.00943. The van der Waals surface area contributed by atoms with Gasteiger partial charge < -0.3 is 9.84 Å². The first-order valence-corrected chi connectivity index (χ1v) is 8.17. The van der Waals surface area contributed by atoms with Crippen molar-refractivity contribution in [1.29, 1.82) is 5.26 Å². The number of aliphatic imine (C=N–C) groups is 1. The molecule has 140 valence electrons. The molecule has 0 atom stereocenters. The molecule has 1 N–H and O–H groups in total. The van der Waals surface area contributed by atoms with Gasteiger partial charge in [-0.05, 0) is 38.5 Å². The zero-order valence-corrected chi connectivity index (χ0v) is 15.1. The highest BCUT2D eigenvalue weighted by Gasteiger charge is 2.18. The van der Waals surface area contributed by atoms with Gasteiger partial charge in [-0.3, -0.25) is 19.5 Å². The summed E-state index contributed by atoms with van der Waals surface area (Å²) in [5.41, 5.74) is -0.525. The van der Waals surface area contributed by atoms with Crippen LogP contribution in [-0.2, 0) is 6.54 Å². The lowest BCUT2D eigenvalue weighted by atomic mass is 10.1. The van der Waals surface area contributed by atoms with Crippen LogP contribution >= 0.6 is 0 Å². The first kappa shape index (κ1) is 19.7. The van der Waals surface area contributed by atoms with Crippen LogP contribution in [0.25, 0.3) is 0 Å². The molecule has 0 fully saturated rings. The predicted octanol–water partition coefficient (Wildman–Crippen LogP) is 2.81. The van der Waals surface area contributed by atoms with Gasteiger partial charge in [-0.25, -0.2) is 4.99 Å². The van der Waals surface area contributed by atoms with Crippen molar-refractivity contribution >= 4 is 17.6 Å². The fraction of sp³-hybridized carbons (Fsp3) is 0.278. The average Bonchev–Trinajstić information content (AvgIpc) is 2.63. The van der Waals surface area contributed by atoms with E-state index < -0.39 is 10.5 Å². The molecule has 1 aromatic heterocycles. The van der Waals surface area contributed by atoms with Crippen LogP contribution in [0, 0.1) is 28.4 Å². The minimum Gasteiger partial charge on any atom is -0.494 e. The molecule has 1 heterocycles. The van der Waals surface area contributed by atoms with E-state index in [1.54, 1.807) is 19.9 Å². The second-order valence-corrected chi connectivity index (χ2v) is 5.50. The van der Waals surface area contributed by atoms with Gasteiger partial charge in [-0.2, -0.15) is 5.26 Å². The third kappa shape index (κ3) is 3.79. The lowest BCUT2D eigenvalue weighted by Crippen LogP contribution is -2.24. The van der Waals surface area contributed by atoms with Crippen LogP contribution in [0.4, 0.5) is 11.4 Å². The molecule has 0 aliphatic rings. The monoisotopic (exact) mass is 370 g/mol. The van der Waals surface area contributed by atoms with Crippen molar-refractivity contribution in [2.45, 2.75) is 27.3 Å². The minimum absolute atomic E-state index is 0.0509. The Morgan fingerprint density at radius 1 is 1.44 bits per heavy atom. The first-order chi connectivity index (χ1) is 12.8. The first-order valence-electron chi connectivity index (χ1n) is 8.17. The summed E-state index contributed by atoms with van der Waals surface area (Å²) in [4.78, 5) is 27.0. The number of benzene rings is 1. The maximum Gasteiger partial charge on any atom is 0.298 e. The van der Waals surface area contributed by atoms with E-state index >= 15 is 0 Å². The lowest BCUT2D eigenvalue weighted by Gasteiger charge is -2.12. The number of hydrogen-bond donors (Lipinski definition) is 1. The van der Waals surface area contributed by atoms with Crippen LogP contribution in [0.1, 0.15) is 30.5 Å². The molecule has 2 aromatic rings. The molecule has 27 heavy (non-hydrogen) atoms. The molecule has 0 bridgehead atoms. The maximum atomic E-state index is 12.2. The lowest BCUT2D eigenvalue weighted by molar-refractivity contribution is -0.384. The molecule has 0 spiro atoms. The summed E-state index contributed by atoms with van der Waals surface area (Å²) in [6.45, 7) is 5.44. The molecule has 1 aromatic carbocycles. The summed E-state index contributed by atoms with van der Waals surface area (Å²) in [6.07, 6.45) is 1.21. The van der Waals surface area contributed by atoms with Crippen LogP contribution in [0.2, 0.25) is 0 Å². The molecule has 0 radical (unpaired) electrons. The van der Waals surface area contributed by atoms with Crippen LogP contribution in [0.3, 0.4) is 0 Å². The Balaban J connectivity index is 2.61. The highest BCUT2D eigenvalue weighted by molar-refractivity contribution is 5.88. The minimum atomic E-state index is -0.598. The largest absolute Gasteiger partial charge is 0.494 e. The van der Waals surface area contributed by atoms with Gasteiger partial charge in [-0.1, -0.05) is 0 Å². The van der Waals surface area contributed by atoms with Crippen LogP contribution in [-0.4, -0.2) is 27.4 Å². The quantitative estimate of drug-likeness (QED) is 0.472. The molecule has 0 aliphatic heterocycles. The van der Waals surface area contributed by atoms with Crippen molar-refractivity contribution in [3.63, 3.8) is 0 Å². The molecule has 9 nitrogen and oxygen atoms in total. The topological polar surface area (TPSA) is 131 Å². The van der Waals surface area contributed by atoms with Gasteiger partial charge in [0.2, 0.25) is 5.88 Å². The fourth-order valence-electron chi connectivity index (χ4n) is 2.57. The highest BCUT2D eigenvalue weighted by Crippen LogP contribution is 2.32. The Morgan fingerprint density at radius 3 is 2.70 bits per heavy atom. The van der Waals surface area contributed by atoms with Crippen LogP contribution in [0.5, 0.6) is 11.6 Å². The molecule has 0 unspecified atom stereocenters. The number of nitrogens with zero attached hydrogens (tertiary/aromatic N) is 4. The Morgan fingerprint density at radius 2 is 2.15 bits per heavy atom. The summed E-state index contributed by atoms with van der Waals surface area (Å²) in [5, 5.41) is 30.9. The normalized spacial score (nSPS) is 10.7. The Kier molecular flexibility index (Phi) is 5.92. The van der Waals surface area contributed by atoms with E-state index in [1.165, 1.54) is 25.3 Å². The number of ether oxygens (including phenoxy) is 1. The van der Waals surface area contributed by atoms with E-state index in [9.17, 15) is 25.3 Å². The van der Waals surface area contributed by atoms with Gasteiger partial charge in [-0.15, -0.1) is 0 Å². The molecular formula is C18H18N4O5. The summed E-state index contributed by atoms with van der Waals surface area (Å²) >= 11 is 0. The average molecular weight is 370 g/mol. The van der Waals surface area contributed by atoms with Crippen molar-refractivity contribution in [2.24, 2.45) is 4.99 Å². The number of nitriles is 1. The molecule has 0 amide bonds. The Hall–Kier alpha value is -3.67. The number of aromatic nitrogens is 1. The number of hydrogen-bond acceptors (Lipinski definition) is 7. The number of nitro benzene ring substituents is 1. The highest BCUT2D eigenvalue weighted by atomic mass is 16.6. The van der Waals surface area contributed by atoms with E-state index in [0.29, 0.717) is 12.4 Å². The third-order valence-electron chi connectivity index (χ3n) is 3.95. The van der Waals surface area contributed by atoms with Gasteiger partial charge in [0, 0.05) is 12.8 Å². The number of rotatable bonds is 6. The SMILES string of the molecule is CCOc1ccc(N=Cc2c(C)c(C#N)c(=O)n(CC)c2O)c([N+](=O)[O-])c1. The fourth-order valence-corrected chi connectivity index (χ4v) is 2.57. The number of pyridine rings is 1. The molecule has 0 saturated carbocycles. The molecular weight excluding hydrogens is 352 g/mol.